The van der Waals surface area contributed by atoms with E-state index in [1.54, 1.807) is 6.07 Å². The number of carbonyl (C=O) groups is 1. The normalized spacial score (nSPS) is 33.8. The highest BCUT2D eigenvalue weighted by atomic mass is 19.1. The molecule has 2 fully saturated rings. The summed E-state index contributed by atoms with van der Waals surface area (Å²) in [4.78, 5) is 16.2. The molecule has 0 spiro atoms. The van der Waals surface area contributed by atoms with Crippen molar-refractivity contribution >= 4 is 11.7 Å². The minimum Gasteiger partial charge on any atom is -0.458 e. The quantitative estimate of drug-likeness (QED) is 0.528. The maximum absolute atomic E-state index is 14.2. The highest BCUT2D eigenvalue weighted by Gasteiger charge is 2.52. The number of rotatable bonds is 5. The van der Waals surface area contributed by atoms with Crippen LogP contribution in [0.4, 0.5) is 10.1 Å². The molecule has 0 bridgehead atoms. The number of aliphatic hydroxyl groups is 1. The van der Waals surface area contributed by atoms with Crippen molar-refractivity contribution in [2.75, 3.05) is 37.6 Å². The van der Waals surface area contributed by atoms with Gasteiger partial charge in [0, 0.05) is 52.0 Å². The molecule has 6 heteroatoms. The smallest absolute Gasteiger partial charge is 0.303 e. The van der Waals surface area contributed by atoms with Gasteiger partial charge in [-0.2, -0.15) is 0 Å². The number of piperazine rings is 1. The van der Waals surface area contributed by atoms with Crippen LogP contribution in [0.25, 0.3) is 0 Å². The Morgan fingerprint density at radius 1 is 1.24 bits per heavy atom. The first kappa shape index (κ1) is 24.2. The molecule has 2 aliphatic carbocycles. The second-order valence-corrected chi connectivity index (χ2v) is 10.6. The molecule has 1 saturated carbocycles. The molecule has 5 nitrogen and oxygen atoms in total. The predicted octanol–water partition coefficient (Wildman–Crippen LogP) is 4.26. The van der Waals surface area contributed by atoms with Crippen LogP contribution < -0.4 is 4.90 Å². The fraction of sp³-hybridized carbons (Fsp3) is 0.667. The number of hydrogen-bond donors (Lipinski definition) is 1. The molecular formula is C27H39FN2O3. The molecule has 1 unspecified atom stereocenters. The minimum atomic E-state index is -0.833. The van der Waals surface area contributed by atoms with Crippen LogP contribution in [-0.2, 0) is 9.53 Å². The van der Waals surface area contributed by atoms with E-state index in [9.17, 15) is 14.3 Å². The lowest BCUT2D eigenvalue weighted by molar-refractivity contribution is -0.159. The Morgan fingerprint density at radius 3 is 2.61 bits per heavy atom. The van der Waals surface area contributed by atoms with Gasteiger partial charge in [0.1, 0.15) is 11.9 Å². The summed E-state index contributed by atoms with van der Waals surface area (Å²) in [5.41, 5.74) is 0.923. The highest BCUT2D eigenvalue weighted by Crippen LogP contribution is 2.51. The van der Waals surface area contributed by atoms with Gasteiger partial charge in [0.15, 0.2) is 0 Å². The van der Waals surface area contributed by atoms with Crippen LogP contribution in [0.15, 0.2) is 35.9 Å². The van der Waals surface area contributed by atoms with Gasteiger partial charge < -0.3 is 14.7 Å². The standard InChI is InChI=1S/C27H39FN2O3/c1-18-15-23-22(10-9-20(3)27(23,32)16-26(18)33-21(4)31)19(2)17-29-11-13-30(14-12-29)25-8-6-5-7-24(25)28/h5-8,15,19-20,22-23,26,32H,9-14,16-17H2,1-4H3/t19?,20-,22+,23-,26-,27-/m1/s1. The molecule has 0 radical (unpaired) electrons. The van der Waals surface area contributed by atoms with E-state index in [0.29, 0.717) is 23.9 Å². The zero-order valence-electron chi connectivity index (χ0n) is 20.5. The average molecular weight is 459 g/mol. The zero-order valence-corrected chi connectivity index (χ0v) is 20.5. The minimum absolute atomic E-state index is 0.0859. The molecule has 182 valence electrons. The Morgan fingerprint density at radius 2 is 1.94 bits per heavy atom. The molecule has 1 saturated heterocycles. The first-order valence-electron chi connectivity index (χ1n) is 12.5. The molecule has 1 aromatic carbocycles. The van der Waals surface area contributed by atoms with Gasteiger partial charge in [0.2, 0.25) is 0 Å². The van der Waals surface area contributed by atoms with E-state index in [2.05, 4.69) is 29.7 Å². The third kappa shape index (κ3) is 4.97. The van der Waals surface area contributed by atoms with Gasteiger partial charge in [-0.1, -0.05) is 32.1 Å². The highest BCUT2D eigenvalue weighted by molar-refractivity contribution is 5.66. The number of anilines is 1. The molecule has 1 N–H and O–H groups in total. The van der Waals surface area contributed by atoms with Gasteiger partial charge in [-0.3, -0.25) is 9.69 Å². The fourth-order valence-electron chi connectivity index (χ4n) is 6.42. The van der Waals surface area contributed by atoms with Crippen LogP contribution in [0, 0.1) is 29.5 Å². The van der Waals surface area contributed by atoms with Crippen molar-refractivity contribution in [3.8, 4) is 0 Å². The summed E-state index contributed by atoms with van der Waals surface area (Å²) in [6.45, 7) is 12.4. The maximum atomic E-state index is 14.2. The Labute approximate surface area is 197 Å². The number of ether oxygens (including phenoxy) is 1. The first-order valence-corrected chi connectivity index (χ1v) is 12.5. The number of carbonyl (C=O) groups excluding carboxylic acids is 1. The molecule has 4 rings (SSSR count). The SMILES string of the molecule is CC(=O)O[C@@H]1C[C@@]2(O)[C@H](C)CC[C@@H](C(C)CN3CCN(c4ccccc4F)CC3)[C@H]2C=C1C. The summed E-state index contributed by atoms with van der Waals surface area (Å²) in [6.07, 6.45) is 4.46. The molecule has 0 aromatic heterocycles. The van der Waals surface area contributed by atoms with Crippen molar-refractivity contribution in [2.24, 2.45) is 23.7 Å². The van der Waals surface area contributed by atoms with E-state index in [1.807, 2.05) is 19.1 Å². The summed E-state index contributed by atoms with van der Waals surface area (Å²) in [5.74, 6) is 0.645. The molecule has 0 amide bonds. The van der Waals surface area contributed by atoms with Crippen LogP contribution >= 0.6 is 0 Å². The van der Waals surface area contributed by atoms with E-state index in [0.717, 1.165) is 51.1 Å². The van der Waals surface area contributed by atoms with Crippen molar-refractivity contribution in [2.45, 2.75) is 58.7 Å². The second-order valence-electron chi connectivity index (χ2n) is 10.6. The monoisotopic (exact) mass is 458 g/mol. The first-order chi connectivity index (χ1) is 15.7. The summed E-state index contributed by atoms with van der Waals surface area (Å²) in [6, 6.07) is 7.02. The Bertz CT molecular complexity index is 882. The number of para-hydroxylation sites is 1. The molecular weight excluding hydrogens is 419 g/mol. The van der Waals surface area contributed by atoms with E-state index < -0.39 is 5.60 Å². The van der Waals surface area contributed by atoms with Crippen LogP contribution in [0.2, 0.25) is 0 Å². The van der Waals surface area contributed by atoms with E-state index in [1.165, 1.54) is 13.0 Å². The second kappa shape index (κ2) is 9.75. The van der Waals surface area contributed by atoms with Crippen molar-refractivity contribution in [1.29, 1.82) is 0 Å². The Kier molecular flexibility index (Phi) is 7.15. The van der Waals surface area contributed by atoms with Gasteiger partial charge in [0.25, 0.3) is 0 Å². The van der Waals surface area contributed by atoms with Crippen molar-refractivity contribution in [3.05, 3.63) is 41.7 Å². The Hall–Kier alpha value is -1.92. The van der Waals surface area contributed by atoms with Gasteiger partial charge in [-0.05, 0) is 55.2 Å². The lowest BCUT2D eigenvalue weighted by atomic mass is 9.57. The number of halogens is 1. The number of nitrogens with zero attached hydrogens (tertiary/aromatic N) is 2. The summed E-state index contributed by atoms with van der Waals surface area (Å²) < 4.78 is 19.7. The van der Waals surface area contributed by atoms with Gasteiger partial charge >= 0.3 is 5.97 Å². The van der Waals surface area contributed by atoms with Gasteiger partial charge in [-0.15, -0.1) is 0 Å². The number of benzene rings is 1. The number of esters is 1. The van der Waals surface area contributed by atoms with Crippen LogP contribution in [-0.4, -0.2) is 60.4 Å². The molecule has 6 atom stereocenters. The average Bonchev–Trinajstić information content (AvgIpc) is 2.77. The predicted molar refractivity (Wildman–Crippen MR) is 128 cm³/mol. The van der Waals surface area contributed by atoms with Crippen molar-refractivity contribution in [1.82, 2.24) is 4.90 Å². The fourth-order valence-corrected chi connectivity index (χ4v) is 6.42. The third-order valence-corrected chi connectivity index (χ3v) is 8.44. The molecule has 1 heterocycles. The number of hydrogen-bond acceptors (Lipinski definition) is 5. The van der Waals surface area contributed by atoms with E-state index in [4.69, 9.17) is 4.74 Å². The number of fused-ring (bicyclic) bond motifs is 1. The third-order valence-electron chi connectivity index (χ3n) is 8.44. The van der Waals surface area contributed by atoms with Crippen LogP contribution in [0.3, 0.4) is 0 Å². The lowest BCUT2D eigenvalue weighted by Gasteiger charge is -2.53. The summed E-state index contributed by atoms with van der Waals surface area (Å²) in [7, 11) is 0. The van der Waals surface area contributed by atoms with Gasteiger partial charge in [0.05, 0.1) is 11.3 Å². The molecule has 33 heavy (non-hydrogen) atoms. The van der Waals surface area contributed by atoms with Crippen LogP contribution in [0.1, 0.15) is 47.0 Å². The largest absolute Gasteiger partial charge is 0.458 e. The molecule has 1 aromatic rings. The summed E-state index contributed by atoms with van der Waals surface area (Å²) in [5, 5.41) is 11.8. The van der Waals surface area contributed by atoms with E-state index in [-0.39, 0.29) is 29.7 Å². The van der Waals surface area contributed by atoms with Crippen molar-refractivity contribution in [3.63, 3.8) is 0 Å². The topological polar surface area (TPSA) is 53.0 Å². The van der Waals surface area contributed by atoms with Crippen LogP contribution in [0.5, 0.6) is 0 Å². The van der Waals surface area contributed by atoms with E-state index >= 15 is 0 Å². The Balaban J connectivity index is 1.41. The molecule has 1 aliphatic heterocycles. The molecule has 3 aliphatic rings. The maximum Gasteiger partial charge on any atom is 0.303 e. The van der Waals surface area contributed by atoms with Crippen molar-refractivity contribution < 1.29 is 19.0 Å². The summed E-state index contributed by atoms with van der Waals surface area (Å²) >= 11 is 0. The zero-order chi connectivity index (χ0) is 23.8. The van der Waals surface area contributed by atoms with Gasteiger partial charge in [-0.25, -0.2) is 4.39 Å². The lowest BCUT2D eigenvalue weighted by Crippen LogP contribution is -2.56.